The van der Waals surface area contributed by atoms with E-state index in [0.29, 0.717) is 56.4 Å². The van der Waals surface area contributed by atoms with Crippen LogP contribution >= 0.6 is 7.82 Å². The van der Waals surface area contributed by atoms with E-state index in [4.69, 9.17) is 73.0 Å². The van der Waals surface area contributed by atoms with E-state index >= 15 is 0 Å². The summed E-state index contributed by atoms with van der Waals surface area (Å²) in [5, 5.41) is 29.3. The molecule has 1 unspecified atom stereocenters. The first-order valence-corrected chi connectivity index (χ1v) is 33.8. The number of carbonyl (C=O) groups is 9. The Hall–Kier alpha value is -8.22. The van der Waals surface area contributed by atoms with Crippen LogP contribution in [0.2, 0.25) is 0 Å². The molecule has 8 rings (SSSR count). The summed E-state index contributed by atoms with van der Waals surface area (Å²) in [6.45, 7) is 18.1. The van der Waals surface area contributed by atoms with Crippen molar-refractivity contribution < 1.29 is 81.3 Å². The van der Waals surface area contributed by atoms with Gasteiger partial charge in [0.1, 0.15) is 31.5 Å². The summed E-state index contributed by atoms with van der Waals surface area (Å²) in [5.41, 5.74) is 36.7. The molecule has 530 valence electrons. The van der Waals surface area contributed by atoms with Crippen LogP contribution in [0.4, 0.5) is 4.79 Å². The molecule has 18 N–H and O–H groups in total. The second-order valence-corrected chi connectivity index (χ2v) is 29.6. The molecule has 6 aliphatic heterocycles. The van der Waals surface area contributed by atoms with Crippen LogP contribution in [0.25, 0.3) is 11.0 Å². The van der Waals surface area contributed by atoms with Crippen LogP contribution in [-0.4, -0.2) is 151 Å². The number of aromatic nitrogens is 2. The average molecular weight is 1370 g/mol. The Labute approximate surface area is 561 Å². The van der Waals surface area contributed by atoms with Gasteiger partial charge >= 0.3 is 19.9 Å². The van der Waals surface area contributed by atoms with Gasteiger partial charge in [0, 0.05) is 131 Å². The third-order valence-corrected chi connectivity index (χ3v) is 22.3. The number of phosphoric acid groups is 1. The molecule has 0 radical (unpaired) electrons. The number of allylic oxidation sites excluding steroid dienone is 6. The average Bonchev–Trinajstić information content (AvgIpc) is 1.53. The molecule has 8 bridgehead atoms. The van der Waals surface area contributed by atoms with Crippen molar-refractivity contribution in [2.75, 3.05) is 19.7 Å². The number of hydrogen-bond donors (Lipinski definition) is 12. The number of aliphatic carboxylic acids is 1. The maximum atomic E-state index is 14.5. The highest BCUT2D eigenvalue weighted by atomic mass is 31.2. The van der Waals surface area contributed by atoms with Gasteiger partial charge in [-0.3, -0.25) is 62.4 Å². The fourth-order valence-electron chi connectivity index (χ4n) is 15.8. The predicted octanol–water partition coefficient (Wildman–Crippen LogP) is 2.98. The fraction of sp³-hybridized carbons (Fsp3) is 0.615. The number of benzene rings is 1. The number of imidazole rings is 1. The predicted molar refractivity (Wildman–Crippen MR) is 353 cm³/mol. The first-order chi connectivity index (χ1) is 45.1. The molecular formula is C65H93N14O17P. The third kappa shape index (κ3) is 15.1. The fourth-order valence-corrected chi connectivity index (χ4v) is 16.9. The molecule has 6 aliphatic rings. The van der Waals surface area contributed by atoms with Crippen LogP contribution in [0.15, 0.2) is 67.8 Å². The van der Waals surface area contributed by atoms with Crippen LogP contribution in [0.5, 0.6) is 0 Å². The second kappa shape index (κ2) is 28.3. The number of phosphoric ester groups is 1. The minimum absolute atomic E-state index is 0.0450. The monoisotopic (exact) mass is 1370 g/mol. The van der Waals surface area contributed by atoms with Gasteiger partial charge in [0.05, 0.1) is 35.0 Å². The summed E-state index contributed by atoms with van der Waals surface area (Å²) < 4.78 is 38.0. The molecule has 2 fully saturated rings. The number of amides is 8. The lowest BCUT2D eigenvalue weighted by molar-refractivity contribution is -0.136. The van der Waals surface area contributed by atoms with Gasteiger partial charge in [-0.15, -0.1) is 0 Å². The number of carboxylic acid groups (broad SMARTS) is 1. The van der Waals surface area contributed by atoms with Gasteiger partial charge in [-0.1, -0.05) is 34.6 Å². The summed E-state index contributed by atoms with van der Waals surface area (Å²) in [5.74, 6) is -8.84. The topological polar surface area (TPSA) is 515 Å². The quantitative estimate of drug-likeness (QED) is 0.0521. The number of nitrogens with zero attached hydrogens (tertiary/aromatic N) is 5. The summed E-state index contributed by atoms with van der Waals surface area (Å²) in [6.07, 6.45) is -6.61. The van der Waals surface area contributed by atoms with E-state index in [2.05, 4.69) is 15.6 Å². The zero-order chi connectivity index (χ0) is 72.0. The molecule has 8 amide bonds. The molecule has 0 spiro atoms. The SMILES string of the molecule is CC1=C2N/C(=C\C3=NC(=C(/C)C4=N[C@H]([C@H](CC(N)=O)[C@@]4(C)CCC(=O)NC[C@@H](C)OP(=O)(O)O[C@H]4[C@@H](O)[C@@H](n5cnc6cc(C)c(C)cc65)O[C@@H]4COC(=O)NCC(=O)O)[C@]4(C)N=C1[C@@H](CCC(N)=O)[C@]4(C)CC(N)=O)/[C@@H](CCC(N)=O)C3(C)C)[C@@H](CCC(N)=O)[C@]2(C)CC(N)=O. The van der Waals surface area contributed by atoms with Crippen molar-refractivity contribution in [3.8, 4) is 0 Å². The van der Waals surface area contributed by atoms with E-state index < -0.39 is 168 Å². The maximum Gasteiger partial charge on any atom is 0.472 e. The number of aliphatic imine (C=N–C) groups is 3. The Morgan fingerprint density at radius 2 is 1.39 bits per heavy atom. The number of ether oxygens (including phenoxy) is 2. The number of carbonyl (C=O) groups excluding carboxylic acids is 8. The highest BCUT2D eigenvalue weighted by molar-refractivity contribution is 7.47. The molecule has 1 aromatic carbocycles. The lowest BCUT2D eigenvalue weighted by atomic mass is 9.55. The van der Waals surface area contributed by atoms with Gasteiger partial charge in [0.2, 0.25) is 41.4 Å². The number of nitrogens with two attached hydrogens (primary N) is 6. The van der Waals surface area contributed by atoms with Gasteiger partial charge in [-0.2, -0.15) is 0 Å². The van der Waals surface area contributed by atoms with Crippen LogP contribution < -0.4 is 50.4 Å². The van der Waals surface area contributed by atoms with Gasteiger partial charge in [-0.05, 0) is 108 Å². The number of hydrogen-bond acceptors (Lipinski definition) is 20. The van der Waals surface area contributed by atoms with Gasteiger partial charge in [-0.25, -0.2) is 14.3 Å². The lowest BCUT2D eigenvalue weighted by Crippen LogP contribution is -2.56. The van der Waals surface area contributed by atoms with Crippen molar-refractivity contribution in [1.82, 2.24) is 25.5 Å². The van der Waals surface area contributed by atoms with Crippen molar-refractivity contribution in [1.29, 1.82) is 0 Å². The van der Waals surface area contributed by atoms with Crippen molar-refractivity contribution in [2.45, 2.75) is 189 Å². The normalized spacial score (nSPS) is 31.7. The summed E-state index contributed by atoms with van der Waals surface area (Å²) >= 11 is 0. The Bertz CT molecular complexity index is 3820. The van der Waals surface area contributed by atoms with Crippen molar-refractivity contribution in [3.63, 3.8) is 0 Å². The Kier molecular flexibility index (Phi) is 21.8. The molecule has 1 aromatic heterocycles. The lowest BCUT2D eigenvalue weighted by Gasteiger charge is -2.48. The van der Waals surface area contributed by atoms with Crippen molar-refractivity contribution in [2.24, 2.45) is 94.7 Å². The molecule has 97 heavy (non-hydrogen) atoms. The number of aryl methyl sites for hydroxylation is 2. The number of aliphatic hydroxyl groups is 1. The third-order valence-electron chi connectivity index (χ3n) is 21.2. The van der Waals surface area contributed by atoms with Crippen LogP contribution in [0.3, 0.4) is 0 Å². The molecule has 15 atom stereocenters. The number of primary amides is 6. The van der Waals surface area contributed by atoms with E-state index in [0.717, 1.165) is 11.1 Å². The van der Waals surface area contributed by atoms with E-state index in [1.54, 1.807) is 19.9 Å². The van der Waals surface area contributed by atoms with E-state index in [1.165, 1.54) is 17.8 Å². The Morgan fingerprint density at radius 1 is 0.784 bits per heavy atom. The first kappa shape index (κ1) is 74.6. The van der Waals surface area contributed by atoms with Crippen molar-refractivity contribution >= 4 is 89.4 Å². The van der Waals surface area contributed by atoms with Gasteiger partial charge in [0.25, 0.3) is 0 Å². The largest absolute Gasteiger partial charge is 0.480 e. The van der Waals surface area contributed by atoms with Crippen LogP contribution in [0.1, 0.15) is 150 Å². The Balaban J connectivity index is 1.17. The molecule has 0 saturated carbocycles. The molecule has 32 heteroatoms. The van der Waals surface area contributed by atoms with Crippen molar-refractivity contribution in [3.05, 3.63) is 63.9 Å². The summed E-state index contributed by atoms with van der Waals surface area (Å²) in [7, 11) is -5.25. The Morgan fingerprint density at radius 3 is 1.99 bits per heavy atom. The number of aliphatic hydroxyl groups excluding tert-OH is 1. The molecule has 2 aromatic rings. The van der Waals surface area contributed by atoms with E-state index in [-0.39, 0.29) is 70.6 Å². The molecule has 0 aliphatic carbocycles. The standard InChI is InChI=1S/C65H93N14O17P/c1-30-20-40-41(21-31(30)2)79(29-74-40)59-54(89)55(42(94-59)28-93-60(90)73-27-51(87)88)96-97(91,92)95-32(3)26-72-50(86)18-19-62(8)38(22-47(69)83)58-65(11)64(10,25-49(71)85)37(14-17-46(68)82)53(78-65)34(5)57-63(9,24-48(70)84)35(12-15-44(66)80)39(75-57)23-43-61(6,7)36(13-16-45(67)81)52(76-43)33(4)56(62)77-58/h20-21,23,29,32,35-38,42,54-55,58-59,75,89H,12-19,22,24-28H2,1-11H3,(H2,66,80)(H2,67,81)(H2,68,82)(H2,69,83)(H2,70,84)(H2,71,85)(H,72,86)(H,73,90)(H,87,88)(H,91,92)/b39-23-,52-33-,57-34?/t32-,35-,36-,37-,38+,42-,54-,55-,58-,59+,62-,63+,64+,65+/m1/s1. The molecule has 7 heterocycles. The van der Waals surface area contributed by atoms with Crippen LogP contribution in [-0.2, 0) is 61.4 Å². The minimum Gasteiger partial charge on any atom is -0.480 e. The number of alkyl carbamates (subject to hydrolysis) is 1. The summed E-state index contributed by atoms with van der Waals surface area (Å²) in [6, 6.07) is 2.55. The smallest absolute Gasteiger partial charge is 0.472 e. The second-order valence-electron chi connectivity index (χ2n) is 28.2. The number of fused-ring (bicyclic) bond motifs is 7. The number of carboxylic acids is 1. The van der Waals surface area contributed by atoms with E-state index in [1.807, 2.05) is 72.8 Å². The summed E-state index contributed by atoms with van der Waals surface area (Å²) in [4.78, 5) is 150. The zero-order valence-corrected chi connectivity index (χ0v) is 57.6. The minimum atomic E-state index is -5.25. The number of nitrogens with one attached hydrogen (secondary N) is 3. The van der Waals surface area contributed by atoms with Crippen LogP contribution in [0, 0.1) is 59.2 Å². The molecular weight excluding hydrogens is 1280 g/mol. The maximum absolute atomic E-state index is 14.5. The van der Waals surface area contributed by atoms with Gasteiger partial charge < -0.3 is 79.5 Å². The zero-order valence-electron chi connectivity index (χ0n) is 56.7. The highest BCUT2D eigenvalue weighted by Gasteiger charge is 2.66. The number of rotatable bonds is 29. The molecule has 2 saturated heterocycles. The first-order valence-electron chi connectivity index (χ1n) is 32.3. The van der Waals surface area contributed by atoms with E-state index in [9.17, 15) is 57.7 Å². The molecule has 31 nitrogen and oxygen atoms in total. The van der Waals surface area contributed by atoms with Gasteiger partial charge in [0.15, 0.2) is 6.23 Å². The highest BCUT2D eigenvalue weighted by Crippen LogP contribution is 2.63.